The Labute approximate surface area is 117 Å². The van der Waals surface area contributed by atoms with Crippen molar-refractivity contribution in [3.8, 4) is 11.5 Å². The lowest BCUT2D eigenvalue weighted by Crippen LogP contribution is -2.04. The standard InChI is InChI=1S/C14H17ClN2O2/c1-17-12(6-8-16-17)10-11-4-3-5-13(14(11)18-2)19-9-7-15/h3-6,8H,7,9-10H2,1-2H3. The quantitative estimate of drug-likeness (QED) is 0.763. The first-order valence-electron chi connectivity index (χ1n) is 6.07. The second-order valence-electron chi connectivity index (χ2n) is 4.11. The van der Waals surface area contributed by atoms with Crippen LogP contribution in [-0.2, 0) is 13.5 Å². The highest BCUT2D eigenvalue weighted by molar-refractivity contribution is 6.18. The van der Waals surface area contributed by atoms with Crippen molar-refractivity contribution in [3.05, 3.63) is 41.7 Å². The van der Waals surface area contributed by atoms with Gasteiger partial charge in [-0.15, -0.1) is 11.6 Å². The van der Waals surface area contributed by atoms with E-state index in [-0.39, 0.29) is 0 Å². The number of nitrogens with zero attached hydrogens (tertiary/aromatic N) is 2. The molecular formula is C14H17ClN2O2. The van der Waals surface area contributed by atoms with Crippen LogP contribution < -0.4 is 9.47 Å². The van der Waals surface area contributed by atoms with Gasteiger partial charge in [-0.3, -0.25) is 4.68 Å². The Morgan fingerprint density at radius 1 is 1.32 bits per heavy atom. The summed E-state index contributed by atoms with van der Waals surface area (Å²) in [6.45, 7) is 0.465. The highest BCUT2D eigenvalue weighted by Crippen LogP contribution is 2.32. The molecule has 0 aliphatic heterocycles. The van der Waals surface area contributed by atoms with Crippen LogP contribution in [0, 0.1) is 0 Å². The van der Waals surface area contributed by atoms with E-state index < -0.39 is 0 Å². The smallest absolute Gasteiger partial charge is 0.164 e. The molecule has 0 radical (unpaired) electrons. The highest BCUT2D eigenvalue weighted by atomic mass is 35.5. The summed E-state index contributed by atoms with van der Waals surface area (Å²) < 4.78 is 12.9. The average Bonchev–Trinajstić information content (AvgIpc) is 2.82. The number of ether oxygens (including phenoxy) is 2. The van der Waals surface area contributed by atoms with E-state index in [2.05, 4.69) is 5.10 Å². The minimum Gasteiger partial charge on any atom is -0.493 e. The zero-order valence-corrected chi connectivity index (χ0v) is 11.9. The topological polar surface area (TPSA) is 36.3 Å². The lowest BCUT2D eigenvalue weighted by Gasteiger charge is -2.14. The van der Waals surface area contributed by atoms with Gasteiger partial charge >= 0.3 is 0 Å². The number of benzene rings is 1. The molecule has 0 spiro atoms. The van der Waals surface area contributed by atoms with Gasteiger partial charge in [-0.2, -0.15) is 5.10 Å². The summed E-state index contributed by atoms with van der Waals surface area (Å²) in [5.74, 6) is 1.94. The van der Waals surface area contributed by atoms with E-state index in [4.69, 9.17) is 21.1 Å². The maximum atomic E-state index is 5.65. The second kappa shape index (κ2) is 6.48. The van der Waals surface area contributed by atoms with Gasteiger partial charge in [-0.1, -0.05) is 12.1 Å². The first-order chi connectivity index (χ1) is 9.26. The van der Waals surface area contributed by atoms with Crippen molar-refractivity contribution < 1.29 is 9.47 Å². The zero-order chi connectivity index (χ0) is 13.7. The number of hydrogen-bond acceptors (Lipinski definition) is 3. The molecule has 0 saturated heterocycles. The predicted octanol–water partition coefficient (Wildman–Crippen LogP) is 2.64. The van der Waals surface area contributed by atoms with Gasteiger partial charge in [0.15, 0.2) is 11.5 Å². The van der Waals surface area contributed by atoms with Crippen molar-refractivity contribution in [1.82, 2.24) is 9.78 Å². The molecule has 0 aliphatic rings. The van der Waals surface area contributed by atoms with E-state index in [0.29, 0.717) is 12.5 Å². The van der Waals surface area contributed by atoms with Gasteiger partial charge < -0.3 is 9.47 Å². The fourth-order valence-corrected chi connectivity index (χ4v) is 2.04. The largest absolute Gasteiger partial charge is 0.493 e. The third-order valence-corrected chi connectivity index (χ3v) is 3.05. The Bertz CT molecular complexity index is 540. The van der Waals surface area contributed by atoms with Gasteiger partial charge in [0.25, 0.3) is 0 Å². The highest BCUT2D eigenvalue weighted by Gasteiger charge is 2.12. The number of aromatic nitrogens is 2. The van der Waals surface area contributed by atoms with Crippen LogP contribution in [0.4, 0.5) is 0 Å². The van der Waals surface area contributed by atoms with Gasteiger partial charge in [0.05, 0.1) is 13.0 Å². The summed E-state index contributed by atoms with van der Waals surface area (Å²) >= 11 is 5.65. The third kappa shape index (κ3) is 3.20. The summed E-state index contributed by atoms with van der Waals surface area (Å²) in [6, 6.07) is 7.86. The molecule has 4 nitrogen and oxygen atoms in total. The maximum absolute atomic E-state index is 5.65. The average molecular weight is 281 g/mol. The molecule has 0 saturated carbocycles. The summed E-state index contributed by atoms with van der Waals surface area (Å²) in [5.41, 5.74) is 2.19. The Morgan fingerprint density at radius 2 is 2.16 bits per heavy atom. The molecule has 5 heteroatoms. The van der Waals surface area contributed by atoms with Crippen LogP contribution >= 0.6 is 11.6 Å². The van der Waals surface area contributed by atoms with E-state index in [1.807, 2.05) is 36.0 Å². The molecule has 0 amide bonds. The molecule has 0 bridgehead atoms. The van der Waals surface area contributed by atoms with Crippen molar-refractivity contribution >= 4 is 11.6 Å². The molecule has 0 atom stereocenters. The Hall–Kier alpha value is -1.68. The molecule has 0 aliphatic carbocycles. The number of halogens is 1. The normalized spacial score (nSPS) is 10.5. The summed E-state index contributed by atoms with van der Waals surface area (Å²) in [6.07, 6.45) is 2.54. The molecule has 0 fully saturated rings. The van der Waals surface area contributed by atoms with Crippen LogP contribution in [0.2, 0.25) is 0 Å². The number of para-hydroxylation sites is 1. The number of rotatable bonds is 6. The van der Waals surface area contributed by atoms with Crippen LogP contribution in [0.25, 0.3) is 0 Å². The van der Waals surface area contributed by atoms with Crippen molar-refractivity contribution in [2.24, 2.45) is 7.05 Å². The van der Waals surface area contributed by atoms with Gasteiger partial charge in [-0.25, -0.2) is 0 Å². The summed E-state index contributed by atoms with van der Waals surface area (Å²) in [5, 5.41) is 4.17. The van der Waals surface area contributed by atoms with Gasteiger partial charge in [0.2, 0.25) is 0 Å². The molecule has 19 heavy (non-hydrogen) atoms. The first kappa shape index (κ1) is 13.7. The monoisotopic (exact) mass is 280 g/mol. The van der Waals surface area contributed by atoms with Crippen LogP contribution in [0.15, 0.2) is 30.5 Å². The molecule has 1 heterocycles. The summed E-state index contributed by atoms with van der Waals surface area (Å²) in [7, 11) is 3.57. The SMILES string of the molecule is COc1c(Cc2ccnn2C)cccc1OCCCl. The zero-order valence-electron chi connectivity index (χ0n) is 11.1. The minimum atomic E-state index is 0.453. The number of hydrogen-bond donors (Lipinski definition) is 0. The molecule has 0 unspecified atom stereocenters. The van der Waals surface area contributed by atoms with E-state index >= 15 is 0 Å². The third-order valence-electron chi connectivity index (χ3n) is 2.89. The minimum absolute atomic E-state index is 0.453. The number of methoxy groups -OCH3 is 1. The molecule has 2 rings (SSSR count). The Balaban J connectivity index is 2.27. The van der Waals surface area contributed by atoms with Crippen molar-refractivity contribution in [3.63, 3.8) is 0 Å². The van der Waals surface area contributed by atoms with Gasteiger partial charge in [0, 0.05) is 30.9 Å². The fraction of sp³-hybridized carbons (Fsp3) is 0.357. The lowest BCUT2D eigenvalue weighted by atomic mass is 10.1. The van der Waals surface area contributed by atoms with Crippen LogP contribution in [0.5, 0.6) is 11.5 Å². The Kier molecular flexibility index (Phi) is 4.68. The van der Waals surface area contributed by atoms with Crippen LogP contribution in [0.3, 0.4) is 0 Å². The van der Waals surface area contributed by atoms with Crippen LogP contribution in [-0.4, -0.2) is 29.4 Å². The summed E-state index contributed by atoms with van der Waals surface area (Å²) in [4.78, 5) is 0. The molecule has 102 valence electrons. The molecule has 0 N–H and O–H groups in total. The predicted molar refractivity (Wildman–Crippen MR) is 75.2 cm³/mol. The van der Waals surface area contributed by atoms with Crippen LogP contribution in [0.1, 0.15) is 11.3 Å². The molecule has 1 aromatic carbocycles. The van der Waals surface area contributed by atoms with Gasteiger partial charge in [-0.05, 0) is 12.1 Å². The molecule has 2 aromatic rings. The van der Waals surface area contributed by atoms with Crippen molar-refractivity contribution in [1.29, 1.82) is 0 Å². The van der Waals surface area contributed by atoms with E-state index in [9.17, 15) is 0 Å². The fourth-order valence-electron chi connectivity index (χ4n) is 1.96. The molecular weight excluding hydrogens is 264 g/mol. The second-order valence-corrected chi connectivity index (χ2v) is 4.49. The van der Waals surface area contributed by atoms with Gasteiger partial charge in [0.1, 0.15) is 6.61 Å². The van der Waals surface area contributed by atoms with E-state index in [1.165, 1.54) is 0 Å². The number of alkyl halides is 1. The lowest BCUT2D eigenvalue weighted by molar-refractivity contribution is 0.311. The van der Waals surface area contributed by atoms with E-state index in [1.54, 1.807) is 13.3 Å². The molecule has 1 aromatic heterocycles. The number of aryl methyl sites for hydroxylation is 1. The van der Waals surface area contributed by atoms with Crippen molar-refractivity contribution in [2.45, 2.75) is 6.42 Å². The maximum Gasteiger partial charge on any atom is 0.164 e. The van der Waals surface area contributed by atoms with E-state index in [0.717, 1.165) is 29.2 Å². The first-order valence-corrected chi connectivity index (χ1v) is 6.61. The van der Waals surface area contributed by atoms with Crippen molar-refractivity contribution in [2.75, 3.05) is 19.6 Å². The Morgan fingerprint density at radius 3 is 2.79 bits per heavy atom.